The molecule has 4 rings (SSSR count). The van der Waals surface area contributed by atoms with Gasteiger partial charge in [0.2, 0.25) is 5.91 Å². The Labute approximate surface area is 217 Å². The van der Waals surface area contributed by atoms with Gasteiger partial charge in [-0.15, -0.1) is 11.8 Å². The first-order valence-electron chi connectivity index (χ1n) is 11.2. The lowest BCUT2D eigenvalue weighted by Gasteiger charge is -2.49. The molecule has 0 N–H and O–H groups in total. The van der Waals surface area contributed by atoms with Crippen molar-refractivity contribution >= 4 is 64.4 Å². The van der Waals surface area contributed by atoms with E-state index in [1.165, 1.54) is 42.2 Å². The molecule has 3 heterocycles. The van der Waals surface area contributed by atoms with E-state index in [0.29, 0.717) is 15.6 Å². The van der Waals surface area contributed by atoms with Crippen molar-refractivity contribution in [1.29, 1.82) is 0 Å². The number of hydrogen-bond donors (Lipinski definition) is 0. The van der Waals surface area contributed by atoms with Crippen molar-refractivity contribution in [3.8, 4) is 5.75 Å². The molecule has 7 nitrogen and oxygen atoms in total. The van der Waals surface area contributed by atoms with Gasteiger partial charge in [0.1, 0.15) is 14.7 Å². The van der Waals surface area contributed by atoms with Crippen molar-refractivity contribution in [1.82, 2.24) is 0 Å². The number of rotatable bonds is 5. The van der Waals surface area contributed by atoms with E-state index >= 15 is 0 Å². The van der Waals surface area contributed by atoms with Crippen LogP contribution in [0.2, 0.25) is 0 Å². The lowest BCUT2D eigenvalue weighted by Crippen LogP contribution is -2.52. The number of fused-ring (bicyclic) bond motifs is 3. The van der Waals surface area contributed by atoms with E-state index in [0.717, 1.165) is 21.7 Å². The predicted molar refractivity (Wildman–Crippen MR) is 142 cm³/mol. The maximum absolute atomic E-state index is 12.9. The van der Waals surface area contributed by atoms with Crippen LogP contribution in [-0.2, 0) is 23.9 Å². The van der Waals surface area contributed by atoms with Crippen LogP contribution in [0.15, 0.2) is 44.4 Å². The second-order valence-corrected chi connectivity index (χ2v) is 12.1. The van der Waals surface area contributed by atoms with Gasteiger partial charge >= 0.3 is 11.9 Å². The van der Waals surface area contributed by atoms with Gasteiger partial charge in [0.05, 0.1) is 36.5 Å². The molecule has 0 fully saturated rings. The van der Waals surface area contributed by atoms with Crippen molar-refractivity contribution in [3.05, 3.63) is 50.0 Å². The minimum absolute atomic E-state index is 0.119. The largest absolute Gasteiger partial charge is 0.497 e. The summed E-state index contributed by atoms with van der Waals surface area (Å²) in [5.74, 6) is -0.312. The normalized spacial score (nSPS) is 22.2. The third-order valence-electron chi connectivity index (χ3n) is 5.81. The Morgan fingerprint density at radius 3 is 2.29 bits per heavy atom. The molecule has 10 heteroatoms. The molecule has 0 aromatic heterocycles. The number of amides is 1. The number of carbonyl (C=O) groups excluding carboxylic acids is 3. The molecule has 1 atom stereocenters. The van der Waals surface area contributed by atoms with Crippen molar-refractivity contribution in [3.63, 3.8) is 0 Å². The van der Waals surface area contributed by atoms with Crippen molar-refractivity contribution in [2.24, 2.45) is 0 Å². The third-order valence-corrected chi connectivity index (χ3v) is 10.1. The first-order valence-corrected chi connectivity index (χ1v) is 13.7. The van der Waals surface area contributed by atoms with Gasteiger partial charge in [-0.2, -0.15) is 0 Å². The fraction of sp³-hybridized carbons (Fsp3) is 0.400. The Kier molecular flexibility index (Phi) is 7.09. The van der Waals surface area contributed by atoms with E-state index < -0.39 is 21.6 Å². The monoisotopic (exact) mass is 533 g/mol. The SMILES string of the molecule is CCOC(=O)C1=C[C@@]2(SC=C(C(=O)OCC)S2)C2=C(S1)C(C)(C)N(C(C)=O)c1ccc(OC)cc12. The second kappa shape index (κ2) is 9.63. The first-order chi connectivity index (χ1) is 16.6. The van der Waals surface area contributed by atoms with E-state index in [2.05, 4.69) is 0 Å². The Morgan fingerprint density at radius 2 is 1.69 bits per heavy atom. The molecular weight excluding hydrogens is 506 g/mol. The number of anilines is 1. The molecular formula is C25H27NO6S3. The van der Waals surface area contributed by atoms with Crippen molar-refractivity contribution in [2.75, 3.05) is 25.2 Å². The number of methoxy groups -OCH3 is 1. The zero-order valence-corrected chi connectivity index (χ0v) is 22.9. The highest BCUT2D eigenvalue weighted by Crippen LogP contribution is 2.66. The third kappa shape index (κ3) is 4.29. The number of hydrogen-bond acceptors (Lipinski definition) is 9. The summed E-state index contributed by atoms with van der Waals surface area (Å²) in [5, 5.41) is 1.78. The summed E-state index contributed by atoms with van der Waals surface area (Å²) in [6.45, 7) is 9.50. The van der Waals surface area contributed by atoms with Gasteiger partial charge in [0.15, 0.2) is 0 Å². The smallest absolute Gasteiger partial charge is 0.345 e. The van der Waals surface area contributed by atoms with E-state index in [4.69, 9.17) is 14.2 Å². The zero-order valence-electron chi connectivity index (χ0n) is 20.4. The van der Waals surface area contributed by atoms with Crippen LogP contribution in [0.25, 0.3) is 5.57 Å². The average Bonchev–Trinajstić information content (AvgIpc) is 3.22. The van der Waals surface area contributed by atoms with Crippen LogP contribution in [0.4, 0.5) is 5.69 Å². The minimum Gasteiger partial charge on any atom is -0.497 e. The van der Waals surface area contributed by atoms with Crippen LogP contribution in [0, 0.1) is 0 Å². The topological polar surface area (TPSA) is 82.1 Å². The van der Waals surface area contributed by atoms with Crippen LogP contribution in [-0.4, -0.2) is 47.8 Å². The van der Waals surface area contributed by atoms with Crippen molar-refractivity contribution < 1.29 is 28.6 Å². The van der Waals surface area contributed by atoms with Gasteiger partial charge in [0.25, 0.3) is 0 Å². The number of ether oxygens (including phenoxy) is 3. The van der Waals surface area contributed by atoms with Gasteiger partial charge in [-0.05, 0) is 57.4 Å². The molecule has 186 valence electrons. The number of thioether (sulfide) groups is 3. The highest BCUT2D eigenvalue weighted by Gasteiger charge is 2.53. The molecule has 1 aromatic rings. The predicted octanol–water partition coefficient (Wildman–Crippen LogP) is 5.33. The highest BCUT2D eigenvalue weighted by atomic mass is 32.2. The minimum atomic E-state index is -0.827. The molecule has 0 aliphatic carbocycles. The summed E-state index contributed by atoms with van der Waals surface area (Å²) < 4.78 is 15.3. The Hall–Kier alpha value is -2.30. The van der Waals surface area contributed by atoms with Crippen molar-refractivity contribution in [2.45, 2.75) is 44.2 Å². The maximum atomic E-state index is 12.9. The molecule has 0 radical (unpaired) electrons. The maximum Gasteiger partial charge on any atom is 0.345 e. The first kappa shape index (κ1) is 25.8. The lowest BCUT2D eigenvalue weighted by molar-refractivity contribution is -0.138. The Balaban J connectivity index is 1.97. The summed E-state index contributed by atoms with van der Waals surface area (Å²) in [7, 11) is 1.59. The summed E-state index contributed by atoms with van der Waals surface area (Å²) >= 11 is 4.10. The molecule has 35 heavy (non-hydrogen) atoms. The van der Waals surface area contributed by atoms with Gasteiger partial charge in [-0.25, -0.2) is 9.59 Å². The van der Waals surface area contributed by atoms with Gasteiger partial charge in [-0.1, -0.05) is 23.5 Å². The fourth-order valence-corrected chi connectivity index (χ4v) is 8.85. The number of esters is 2. The van der Waals surface area contributed by atoms with Crippen LogP contribution in [0.5, 0.6) is 5.75 Å². The quantitative estimate of drug-likeness (QED) is 0.467. The van der Waals surface area contributed by atoms with Gasteiger partial charge in [-0.3, -0.25) is 4.79 Å². The van der Waals surface area contributed by atoms with Crippen LogP contribution < -0.4 is 9.64 Å². The number of nitrogens with zero attached hydrogens (tertiary/aromatic N) is 1. The average molecular weight is 534 g/mol. The number of benzene rings is 1. The molecule has 0 saturated carbocycles. The fourth-order valence-electron chi connectivity index (χ4n) is 4.46. The molecule has 1 amide bonds. The molecule has 1 spiro atoms. The van der Waals surface area contributed by atoms with Gasteiger partial charge < -0.3 is 19.1 Å². The molecule has 1 aromatic carbocycles. The second-order valence-electron chi connectivity index (χ2n) is 8.42. The summed E-state index contributed by atoms with van der Waals surface area (Å²) in [5.41, 5.74) is 1.73. The Bertz CT molecular complexity index is 1200. The molecule has 0 bridgehead atoms. The van der Waals surface area contributed by atoms with Gasteiger partial charge in [0, 0.05) is 23.0 Å². The van der Waals surface area contributed by atoms with Crippen LogP contribution in [0.1, 0.15) is 40.2 Å². The number of carbonyl (C=O) groups is 3. The molecule has 0 saturated heterocycles. The van der Waals surface area contributed by atoms with E-state index in [-0.39, 0.29) is 19.1 Å². The lowest BCUT2D eigenvalue weighted by atomic mass is 9.85. The highest BCUT2D eigenvalue weighted by molar-refractivity contribution is 8.25. The summed E-state index contributed by atoms with van der Waals surface area (Å²) in [6, 6.07) is 5.62. The standard InChI is InChI=1S/C25H27NO6S3/c1-7-31-22(28)18-12-25(33-13-19(35-25)23(29)32-8-2)20-16-11-15(30-6)9-10-17(16)26(14(3)27)24(4,5)21(20)34-18/h9-13H,7-8H2,1-6H3/t25-/m0/s1. The van der Waals surface area contributed by atoms with Crippen LogP contribution >= 0.6 is 35.3 Å². The summed E-state index contributed by atoms with van der Waals surface area (Å²) in [6.07, 6.45) is 1.87. The van der Waals surface area contributed by atoms with Crippen LogP contribution in [0.3, 0.4) is 0 Å². The Morgan fingerprint density at radius 1 is 1.03 bits per heavy atom. The molecule has 3 aliphatic heterocycles. The summed E-state index contributed by atoms with van der Waals surface area (Å²) in [4.78, 5) is 42.0. The van der Waals surface area contributed by atoms with E-state index in [9.17, 15) is 14.4 Å². The molecule has 3 aliphatic rings. The van der Waals surface area contributed by atoms with E-state index in [1.54, 1.807) is 31.3 Å². The zero-order chi connectivity index (χ0) is 25.5. The molecule has 0 unspecified atom stereocenters. The van der Waals surface area contributed by atoms with E-state index in [1.807, 2.05) is 38.1 Å².